The molecule has 3 heteroatoms. The van der Waals surface area contributed by atoms with Gasteiger partial charge in [-0.2, -0.15) is 0 Å². The van der Waals surface area contributed by atoms with E-state index < -0.39 is 0 Å². The molecule has 2 heterocycles. The zero-order chi connectivity index (χ0) is 6.97. The number of ether oxygens (including phenoxy) is 1. The molecule has 1 fully saturated rings. The van der Waals surface area contributed by atoms with E-state index in [1.807, 2.05) is 12.5 Å². The van der Waals surface area contributed by atoms with Crippen molar-refractivity contribution in [2.45, 2.75) is 19.6 Å². The molecule has 0 spiro atoms. The Morgan fingerprint density at radius 3 is 3.30 bits per heavy atom. The summed E-state index contributed by atoms with van der Waals surface area (Å²) >= 11 is 0. The SMILES string of the molecule is CCn1cncc1[C@H]1CO1. The number of aromatic nitrogens is 2. The molecule has 1 aliphatic heterocycles. The van der Waals surface area contributed by atoms with Crippen LogP contribution in [0.25, 0.3) is 0 Å². The molecule has 0 saturated carbocycles. The Labute approximate surface area is 59.6 Å². The summed E-state index contributed by atoms with van der Waals surface area (Å²) in [6, 6.07) is 0. The fourth-order valence-corrected chi connectivity index (χ4v) is 1.08. The van der Waals surface area contributed by atoms with Crippen molar-refractivity contribution in [3.05, 3.63) is 18.2 Å². The highest BCUT2D eigenvalue weighted by molar-refractivity contribution is 5.07. The minimum absolute atomic E-state index is 0.336. The molecule has 1 aromatic heterocycles. The average Bonchev–Trinajstić information content (AvgIpc) is 2.69. The van der Waals surface area contributed by atoms with Gasteiger partial charge in [0.05, 0.1) is 24.8 Å². The molecule has 1 aliphatic rings. The molecule has 0 amide bonds. The predicted molar refractivity (Wildman–Crippen MR) is 36.6 cm³/mol. The van der Waals surface area contributed by atoms with Gasteiger partial charge in [-0.1, -0.05) is 0 Å². The van der Waals surface area contributed by atoms with Crippen LogP contribution in [-0.2, 0) is 11.3 Å². The second-order valence-corrected chi connectivity index (χ2v) is 2.43. The topological polar surface area (TPSA) is 30.4 Å². The maximum atomic E-state index is 5.13. The van der Waals surface area contributed by atoms with Gasteiger partial charge in [0, 0.05) is 6.54 Å². The van der Waals surface area contributed by atoms with Gasteiger partial charge in [0.1, 0.15) is 6.10 Å². The standard InChI is InChI=1S/C7H10N2O/c1-2-9-5-8-3-6(9)7-4-10-7/h3,5,7H,2,4H2,1H3/t7-/m1/s1. The van der Waals surface area contributed by atoms with Gasteiger partial charge in [-0.15, -0.1) is 0 Å². The van der Waals surface area contributed by atoms with Crippen LogP contribution < -0.4 is 0 Å². The van der Waals surface area contributed by atoms with Crippen molar-refractivity contribution in [1.82, 2.24) is 9.55 Å². The molecule has 0 N–H and O–H groups in total. The van der Waals surface area contributed by atoms with Crippen molar-refractivity contribution >= 4 is 0 Å². The Bertz CT molecular complexity index is 227. The summed E-state index contributed by atoms with van der Waals surface area (Å²) in [7, 11) is 0. The van der Waals surface area contributed by atoms with Gasteiger partial charge in [-0.3, -0.25) is 0 Å². The van der Waals surface area contributed by atoms with Crippen molar-refractivity contribution < 1.29 is 4.74 Å². The van der Waals surface area contributed by atoms with Crippen LogP contribution >= 0.6 is 0 Å². The van der Waals surface area contributed by atoms with Crippen LogP contribution in [0.3, 0.4) is 0 Å². The molecule has 10 heavy (non-hydrogen) atoms. The minimum Gasteiger partial charge on any atom is -0.366 e. The van der Waals surface area contributed by atoms with Gasteiger partial charge < -0.3 is 9.30 Å². The third-order valence-corrected chi connectivity index (χ3v) is 1.75. The van der Waals surface area contributed by atoms with E-state index in [2.05, 4.69) is 16.5 Å². The van der Waals surface area contributed by atoms with E-state index in [0.29, 0.717) is 6.10 Å². The molecule has 0 aliphatic carbocycles. The zero-order valence-electron chi connectivity index (χ0n) is 5.95. The van der Waals surface area contributed by atoms with Crippen molar-refractivity contribution in [1.29, 1.82) is 0 Å². The molecule has 0 bridgehead atoms. The molecule has 0 radical (unpaired) electrons. The Hall–Kier alpha value is -0.830. The molecule has 1 saturated heterocycles. The number of hydrogen-bond acceptors (Lipinski definition) is 2. The predicted octanol–water partition coefficient (Wildman–Crippen LogP) is 0.974. The van der Waals surface area contributed by atoms with E-state index in [1.165, 1.54) is 5.69 Å². The van der Waals surface area contributed by atoms with E-state index in [0.717, 1.165) is 13.2 Å². The first-order valence-corrected chi connectivity index (χ1v) is 3.53. The summed E-state index contributed by atoms with van der Waals surface area (Å²) in [6.45, 7) is 3.95. The average molecular weight is 138 g/mol. The molecule has 2 rings (SSSR count). The lowest BCUT2D eigenvalue weighted by molar-refractivity contribution is 0.404. The number of hydrogen-bond donors (Lipinski definition) is 0. The molecule has 54 valence electrons. The summed E-state index contributed by atoms with van der Waals surface area (Å²) in [6.07, 6.45) is 4.06. The lowest BCUT2D eigenvalue weighted by atomic mass is 10.3. The van der Waals surface area contributed by atoms with Crippen LogP contribution in [0, 0.1) is 0 Å². The molecular weight excluding hydrogens is 128 g/mol. The van der Waals surface area contributed by atoms with Crippen LogP contribution in [-0.4, -0.2) is 16.2 Å². The molecular formula is C7H10N2O. The van der Waals surface area contributed by atoms with Gasteiger partial charge in [-0.05, 0) is 6.92 Å². The number of nitrogens with zero attached hydrogens (tertiary/aromatic N) is 2. The second kappa shape index (κ2) is 2.09. The maximum Gasteiger partial charge on any atom is 0.122 e. The van der Waals surface area contributed by atoms with E-state index in [1.54, 1.807) is 0 Å². The fourth-order valence-electron chi connectivity index (χ4n) is 1.08. The quantitative estimate of drug-likeness (QED) is 0.570. The molecule has 3 nitrogen and oxygen atoms in total. The van der Waals surface area contributed by atoms with Gasteiger partial charge in [-0.25, -0.2) is 4.98 Å². The lowest BCUT2D eigenvalue weighted by Crippen LogP contribution is -1.96. The normalized spacial score (nSPS) is 23.1. The summed E-state index contributed by atoms with van der Waals surface area (Å²) < 4.78 is 7.24. The number of epoxide rings is 1. The van der Waals surface area contributed by atoms with Crippen LogP contribution in [0.15, 0.2) is 12.5 Å². The Morgan fingerprint density at radius 2 is 2.70 bits per heavy atom. The van der Waals surface area contributed by atoms with Crippen LogP contribution in [0.5, 0.6) is 0 Å². The van der Waals surface area contributed by atoms with Gasteiger partial charge >= 0.3 is 0 Å². The number of aryl methyl sites for hydroxylation is 1. The van der Waals surface area contributed by atoms with Crippen molar-refractivity contribution in [3.63, 3.8) is 0 Å². The smallest absolute Gasteiger partial charge is 0.122 e. The Kier molecular flexibility index (Phi) is 1.24. The summed E-state index contributed by atoms with van der Waals surface area (Å²) in [4.78, 5) is 4.04. The van der Waals surface area contributed by atoms with E-state index >= 15 is 0 Å². The third kappa shape index (κ3) is 0.827. The highest BCUT2D eigenvalue weighted by Gasteiger charge is 2.27. The van der Waals surface area contributed by atoms with Gasteiger partial charge in [0.25, 0.3) is 0 Å². The first kappa shape index (κ1) is 5.92. The maximum absolute atomic E-state index is 5.13. The highest BCUT2D eigenvalue weighted by Crippen LogP contribution is 2.28. The lowest BCUT2D eigenvalue weighted by Gasteiger charge is -1.99. The number of imidazole rings is 1. The van der Waals surface area contributed by atoms with Crippen molar-refractivity contribution in [2.75, 3.05) is 6.61 Å². The Balaban J connectivity index is 2.28. The first-order chi connectivity index (χ1) is 4.92. The molecule has 0 aromatic carbocycles. The largest absolute Gasteiger partial charge is 0.366 e. The number of rotatable bonds is 2. The summed E-state index contributed by atoms with van der Waals surface area (Å²) in [5, 5.41) is 0. The third-order valence-electron chi connectivity index (χ3n) is 1.75. The van der Waals surface area contributed by atoms with E-state index in [4.69, 9.17) is 4.74 Å². The molecule has 1 aromatic rings. The van der Waals surface area contributed by atoms with Crippen LogP contribution in [0.1, 0.15) is 18.7 Å². The van der Waals surface area contributed by atoms with Gasteiger partial charge in [0.15, 0.2) is 0 Å². The highest BCUT2D eigenvalue weighted by atomic mass is 16.6. The van der Waals surface area contributed by atoms with Gasteiger partial charge in [0.2, 0.25) is 0 Å². The molecule has 0 unspecified atom stereocenters. The van der Waals surface area contributed by atoms with E-state index in [9.17, 15) is 0 Å². The summed E-state index contributed by atoms with van der Waals surface area (Å²) in [5.41, 5.74) is 1.21. The van der Waals surface area contributed by atoms with Crippen LogP contribution in [0.2, 0.25) is 0 Å². The molecule has 1 atom stereocenters. The van der Waals surface area contributed by atoms with Crippen LogP contribution in [0.4, 0.5) is 0 Å². The monoisotopic (exact) mass is 138 g/mol. The second-order valence-electron chi connectivity index (χ2n) is 2.43. The minimum atomic E-state index is 0.336. The van der Waals surface area contributed by atoms with E-state index in [-0.39, 0.29) is 0 Å². The summed E-state index contributed by atoms with van der Waals surface area (Å²) in [5.74, 6) is 0. The van der Waals surface area contributed by atoms with Crippen molar-refractivity contribution in [2.24, 2.45) is 0 Å². The zero-order valence-corrected chi connectivity index (χ0v) is 5.95. The van der Waals surface area contributed by atoms with Crippen molar-refractivity contribution in [3.8, 4) is 0 Å². The Morgan fingerprint density at radius 1 is 1.90 bits per heavy atom. The first-order valence-electron chi connectivity index (χ1n) is 3.53. The fraction of sp³-hybridized carbons (Fsp3) is 0.571.